The number of aromatic nitrogens is 1. The van der Waals surface area contributed by atoms with Gasteiger partial charge in [0, 0.05) is 49.3 Å². The number of hydrogen-bond donors (Lipinski definition) is 1. The topological polar surface area (TPSA) is 31.4 Å². The molecule has 1 aliphatic heterocycles. The van der Waals surface area contributed by atoms with Gasteiger partial charge in [0.05, 0.1) is 0 Å². The molecular weight excluding hydrogens is 224 g/mol. The van der Waals surface area contributed by atoms with E-state index in [4.69, 9.17) is 0 Å². The zero-order valence-electron chi connectivity index (χ0n) is 11.7. The van der Waals surface area contributed by atoms with Crippen LogP contribution in [0.5, 0.6) is 0 Å². The van der Waals surface area contributed by atoms with Crippen LogP contribution >= 0.6 is 0 Å². The predicted octanol–water partition coefficient (Wildman–Crippen LogP) is 1.33. The van der Waals surface area contributed by atoms with Crippen LogP contribution in [0, 0.1) is 0 Å². The summed E-state index contributed by atoms with van der Waals surface area (Å²) < 4.78 is 0. The van der Waals surface area contributed by atoms with Gasteiger partial charge < -0.3 is 15.1 Å². The van der Waals surface area contributed by atoms with Gasteiger partial charge in [-0.2, -0.15) is 0 Å². The summed E-state index contributed by atoms with van der Waals surface area (Å²) in [5.74, 6) is 0. The van der Waals surface area contributed by atoms with Crippen molar-refractivity contribution < 1.29 is 0 Å². The Hall–Kier alpha value is -1.13. The van der Waals surface area contributed by atoms with E-state index in [9.17, 15) is 0 Å². The van der Waals surface area contributed by atoms with Crippen LogP contribution in [0.15, 0.2) is 18.5 Å². The van der Waals surface area contributed by atoms with Crippen molar-refractivity contribution in [2.45, 2.75) is 25.4 Å². The molecule has 0 bridgehead atoms. The average molecular weight is 248 g/mol. The molecule has 2 heterocycles. The molecule has 18 heavy (non-hydrogen) atoms. The first kappa shape index (κ1) is 13.3. The number of rotatable bonds is 5. The third kappa shape index (κ3) is 3.00. The Bertz CT molecular complexity index is 378. The summed E-state index contributed by atoms with van der Waals surface area (Å²) >= 11 is 0. The Morgan fingerprint density at radius 3 is 3.06 bits per heavy atom. The first-order valence-electron chi connectivity index (χ1n) is 6.71. The fraction of sp³-hybridized carbons (Fsp3) is 0.643. The van der Waals surface area contributed by atoms with Crippen molar-refractivity contribution in [3.05, 3.63) is 24.0 Å². The second-order valence-corrected chi connectivity index (χ2v) is 5.29. The first-order chi connectivity index (χ1) is 8.72. The lowest BCUT2D eigenvalue weighted by molar-refractivity contribution is 0.372. The van der Waals surface area contributed by atoms with Crippen LogP contribution in [0.2, 0.25) is 0 Å². The van der Waals surface area contributed by atoms with Crippen molar-refractivity contribution in [3.63, 3.8) is 0 Å². The smallest absolute Gasteiger partial charge is 0.0445 e. The van der Waals surface area contributed by atoms with Gasteiger partial charge in [-0.1, -0.05) is 0 Å². The molecule has 1 atom stereocenters. The summed E-state index contributed by atoms with van der Waals surface area (Å²) in [6.45, 7) is 3.18. The summed E-state index contributed by atoms with van der Waals surface area (Å²) in [5.41, 5.74) is 2.65. The minimum absolute atomic E-state index is 0.637. The fourth-order valence-electron chi connectivity index (χ4n) is 2.79. The summed E-state index contributed by atoms with van der Waals surface area (Å²) in [5, 5.41) is 3.23. The predicted molar refractivity (Wildman–Crippen MR) is 75.9 cm³/mol. The molecule has 1 aliphatic rings. The second-order valence-electron chi connectivity index (χ2n) is 5.29. The van der Waals surface area contributed by atoms with Crippen molar-refractivity contribution >= 4 is 5.69 Å². The van der Waals surface area contributed by atoms with Gasteiger partial charge in [0.25, 0.3) is 0 Å². The highest BCUT2D eigenvalue weighted by Crippen LogP contribution is 2.28. The van der Waals surface area contributed by atoms with Crippen molar-refractivity contribution in [2.24, 2.45) is 0 Å². The standard InChI is InChI=1S/C14H24N4/c1-15-9-12-10-16-7-6-14(12)18-8-4-5-13(18)11-17(2)3/h6-7,10,13,15H,4-5,8-9,11H2,1-3H3. The molecule has 0 saturated carbocycles. The number of nitrogens with one attached hydrogen (secondary N) is 1. The minimum Gasteiger partial charge on any atom is -0.367 e. The van der Waals surface area contributed by atoms with Gasteiger partial charge in [-0.15, -0.1) is 0 Å². The molecule has 0 aromatic carbocycles. The first-order valence-corrected chi connectivity index (χ1v) is 6.71. The van der Waals surface area contributed by atoms with Crippen molar-refractivity contribution in [1.29, 1.82) is 0 Å². The number of likely N-dealkylation sites (N-methyl/N-ethyl adjacent to an activating group) is 1. The van der Waals surface area contributed by atoms with Gasteiger partial charge in [0.15, 0.2) is 0 Å². The summed E-state index contributed by atoms with van der Waals surface area (Å²) in [6.07, 6.45) is 6.47. The van der Waals surface area contributed by atoms with E-state index in [2.05, 4.69) is 40.3 Å². The SMILES string of the molecule is CNCc1cnccc1N1CCCC1CN(C)C. The van der Waals surface area contributed by atoms with Crippen LogP contribution in [0.4, 0.5) is 5.69 Å². The maximum Gasteiger partial charge on any atom is 0.0445 e. The van der Waals surface area contributed by atoms with E-state index >= 15 is 0 Å². The zero-order chi connectivity index (χ0) is 13.0. The van der Waals surface area contributed by atoms with Crippen LogP contribution in [-0.4, -0.2) is 50.2 Å². The molecule has 1 aromatic rings. The molecule has 1 N–H and O–H groups in total. The highest BCUT2D eigenvalue weighted by molar-refractivity contribution is 5.54. The highest BCUT2D eigenvalue weighted by atomic mass is 15.2. The van der Waals surface area contributed by atoms with E-state index in [1.807, 2.05) is 19.4 Å². The molecule has 1 aromatic heterocycles. The monoisotopic (exact) mass is 248 g/mol. The summed E-state index contributed by atoms with van der Waals surface area (Å²) in [7, 11) is 6.28. The van der Waals surface area contributed by atoms with Crippen molar-refractivity contribution in [3.8, 4) is 0 Å². The van der Waals surface area contributed by atoms with Gasteiger partial charge in [-0.25, -0.2) is 0 Å². The normalized spacial score (nSPS) is 19.8. The maximum absolute atomic E-state index is 4.24. The molecule has 1 unspecified atom stereocenters. The molecular formula is C14H24N4. The molecule has 100 valence electrons. The average Bonchev–Trinajstić information content (AvgIpc) is 2.77. The quantitative estimate of drug-likeness (QED) is 0.852. The van der Waals surface area contributed by atoms with Gasteiger partial charge in [-0.05, 0) is 40.1 Å². The van der Waals surface area contributed by atoms with E-state index in [-0.39, 0.29) is 0 Å². The van der Waals surface area contributed by atoms with Gasteiger partial charge in [0.2, 0.25) is 0 Å². The van der Waals surface area contributed by atoms with Gasteiger partial charge >= 0.3 is 0 Å². The number of pyridine rings is 1. The Morgan fingerprint density at radius 2 is 2.33 bits per heavy atom. The van der Waals surface area contributed by atoms with E-state index in [0.717, 1.165) is 13.1 Å². The van der Waals surface area contributed by atoms with E-state index in [0.29, 0.717) is 6.04 Å². The molecule has 1 saturated heterocycles. The van der Waals surface area contributed by atoms with Crippen molar-refractivity contribution in [2.75, 3.05) is 39.1 Å². The Balaban J connectivity index is 2.18. The van der Waals surface area contributed by atoms with Gasteiger partial charge in [-0.3, -0.25) is 4.98 Å². The van der Waals surface area contributed by atoms with Crippen LogP contribution in [-0.2, 0) is 6.54 Å². The third-order valence-corrected chi connectivity index (χ3v) is 3.51. The van der Waals surface area contributed by atoms with Crippen molar-refractivity contribution in [1.82, 2.24) is 15.2 Å². The lowest BCUT2D eigenvalue weighted by atomic mass is 10.1. The van der Waals surface area contributed by atoms with E-state index in [1.165, 1.54) is 30.6 Å². The number of hydrogen-bond acceptors (Lipinski definition) is 4. The van der Waals surface area contributed by atoms with Crippen LogP contribution in [0.3, 0.4) is 0 Å². The Morgan fingerprint density at radius 1 is 1.50 bits per heavy atom. The Kier molecular flexibility index (Phi) is 4.55. The fourth-order valence-corrected chi connectivity index (χ4v) is 2.79. The largest absolute Gasteiger partial charge is 0.367 e. The van der Waals surface area contributed by atoms with Crippen LogP contribution in [0.25, 0.3) is 0 Å². The van der Waals surface area contributed by atoms with E-state index < -0.39 is 0 Å². The summed E-state index contributed by atoms with van der Waals surface area (Å²) in [4.78, 5) is 9.07. The maximum atomic E-state index is 4.24. The second kappa shape index (κ2) is 6.16. The molecule has 4 nitrogen and oxygen atoms in total. The molecule has 4 heteroatoms. The number of anilines is 1. The molecule has 1 fully saturated rings. The van der Waals surface area contributed by atoms with E-state index in [1.54, 1.807) is 0 Å². The summed E-state index contributed by atoms with van der Waals surface area (Å²) in [6, 6.07) is 2.79. The molecule has 0 radical (unpaired) electrons. The highest BCUT2D eigenvalue weighted by Gasteiger charge is 2.26. The molecule has 0 spiro atoms. The number of nitrogens with zero attached hydrogens (tertiary/aromatic N) is 3. The molecule has 2 rings (SSSR count). The van der Waals surface area contributed by atoms with Gasteiger partial charge in [0.1, 0.15) is 0 Å². The van der Waals surface area contributed by atoms with Crippen LogP contribution < -0.4 is 10.2 Å². The van der Waals surface area contributed by atoms with Crippen LogP contribution in [0.1, 0.15) is 18.4 Å². The molecule has 0 amide bonds. The lowest BCUT2D eigenvalue weighted by Crippen LogP contribution is -2.38. The minimum atomic E-state index is 0.637. The Labute approximate surface area is 110 Å². The molecule has 0 aliphatic carbocycles. The lowest BCUT2D eigenvalue weighted by Gasteiger charge is -2.30. The zero-order valence-corrected chi connectivity index (χ0v) is 11.7. The third-order valence-electron chi connectivity index (χ3n) is 3.51.